The van der Waals surface area contributed by atoms with E-state index in [2.05, 4.69) is 29.7 Å². The number of ether oxygens (including phenoxy) is 1. The van der Waals surface area contributed by atoms with Gasteiger partial charge in [-0.3, -0.25) is 11.3 Å². The maximum atomic E-state index is 5.87. The number of benzene rings is 1. The number of hydrazine groups is 1. The minimum atomic E-state index is 0.365. The topological polar surface area (TPSA) is 47.3 Å². The van der Waals surface area contributed by atoms with Gasteiger partial charge < -0.3 is 4.74 Å². The fraction of sp³-hybridized carbons (Fsp3) is 0.667. The molecule has 1 aromatic carbocycles. The normalized spacial score (nSPS) is 27.1. The van der Waals surface area contributed by atoms with Crippen molar-refractivity contribution in [1.29, 1.82) is 0 Å². The lowest BCUT2D eigenvalue weighted by Gasteiger charge is -2.31. The molecule has 0 radical (unpaired) electrons. The summed E-state index contributed by atoms with van der Waals surface area (Å²) in [6.45, 7) is 0.925. The number of aryl methyl sites for hydroxylation is 1. The van der Waals surface area contributed by atoms with E-state index in [9.17, 15) is 0 Å². The smallest absolute Gasteiger partial charge is 0.0590 e. The van der Waals surface area contributed by atoms with Gasteiger partial charge in [0, 0.05) is 12.6 Å². The Bertz CT molecular complexity index is 443. The van der Waals surface area contributed by atoms with Crippen molar-refractivity contribution in [3.05, 3.63) is 35.4 Å². The van der Waals surface area contributed by atoms with E-state index in [0.717, 1.165) is 19.4 Å². The molecular formula is C18H28N2O. The van der Waals surface area contributed by atoms with Crippen LogP contribution in [0.4, 0.5) is 0 Å². The molecule has 0 aromatic heterocycles. The zero-order chi connectivity index (χ0) is 14.5. The summed E-state index contributed by atoms with van der Waals surface area (Å²) in [6.07, 6.45) is 10.1. The maximum absolute atomic E-state index is 5.87. The molecule has 1 heterocycles. The van der Waals surface area contributed by atoms with Gasteiger partial charge in [0.15, 0.2) is 0 Å². The van der Waals surface area contributed by atoms with Crippen molar-refractivity contribution in [2.75, 3.05) is 6.61 Å². The van der Waals surface area contributed by atoms with Crippen LogP contribution in [-0.4, -0.2) is 18.8 Å². The molecule has 3 heteroatoms. The van der Waals surface area contributed by atoms with Gasteiger partial charge >= 0.3 is 0 Å². The highest BCUT2D eigenvalue weighted by Gasteiger charge is 2.25. The van der Waals surface area contributed by atoms with Gasteiger partial charge in [0.1, 0.15) is 0 Å². The van der Waals surface area contributed by atoms with E-state index in [-0.39, 0.29) is 0 Å². The molecule has 3 unspecified atom stereocenters. The molecule has 1 aromatic rings. The Hall–Kier alpha value is -0.900. The molecule has 3 rings (SSSR count). The molecule has 116 valence electrons. The van der Waals surface area contributed by atoms with E-state index < -0.39 is 0 Å². The van der Waals surface area contributed by atoms with Gasteiger partial charge in [-0.1, -0.05) is 24.3 Å². The molecule has 1 saturated heterocycles. The quantitative estimate of drug-likeness (QED) is 0.645. The molecule has 0 bridgehead atoms. The fourth-order valence-electron chi connectivity index (χ4n) is 3.99. The highest BCUT2D eigenvalue weighted by atomic mass is 16.5. The summed E-state index contributed by atoms with van der Waals surface area (Å²) in [5, 5.41) is 0. The number of hydrogen-bond acceptors (Lipinski definition) is 3. The third-order valence-electron chi connectivity index (χ3n) is 5.12. The number of nitrogens with one attached hydrogen (secondary N) is 1. The Balaban J connectivity index is 1.61. The van der Waals surface area contributed by atoms with Crippen LogP contribution < -0.4 is 11.3 Å². The van der Waals surface area contributed by atoms with Crippen molar-refractivity contribution in [3.8, 4) is 0 Å². The predicted octanol–water partition coefficient (Wildman–Crippen LogP) is 3.29. The number of nitrogens with two attached hydrogens (primary N) is 1. The summed E-state index contributed by atoms with van der Waals surface area (Å²) in [6, 6.07) is 9.30. The second-order valence-corrected chi connectivity index (χ2v) is 6.61. The van der Waals surface area contributed by atoms with Crippen LogP contribution in [0.3, 0.4) is 0 Å². The zero-order valence-corrected chi connectivity index (χ0v) is 12.9. The lowest BCUT2D eigenvalue weighted by molar-refractivity contribution is 0.00418. The van der Waals surface area contributed by atoms with E-state index >= 15 is 0 Å². The summed E-state index contributed by atoms with van der Waals surface area (Å²) in [4.78, 5) is 0. The van der Waals surface area contributed by atoms with Crippen LogP contribution in [0.15, 0.2) is 24.3 Å². The molecule has 1 aliphatic carbocycles. The van der Waals surface area contributed by atoms with E-state index in [0.29, 0.717) is 18.1 Å². The molecule has 21 heavy (non-hydrogen) atoms. The van der Waals surface area contributed by atoms with Crippen LogP contribution in [0, 0.1) is 0 Å². The largest absolute Gasteiger partial charge is 0.378 e. The summed E-state index contributed by atoms with van der Waals surface area (Å²) in [5.41, 5.74) is 6.14. The number of rotatable bonds is 5. The van der Waals surface area contributed by atoms with E-state index in [1.54, 1.807) is 11.1 Å². The van der Waals surface area contributed by atoms with Crippen molar-refractivity contribution < 1.29 is 4.74 Å². The Labute approximate surface area is 128 Å². The molecule has 0 amide bonds. The van der Waals surface area contributed by atoms with Gasteiger partial charge in [-0.2, -0.15) is 0 Å². The van der Waals surface area contributed by atoms with Crippen molar-refractivity contribution in [2.24, 2.45) is 5.84 Å². The molecular weight excluding hydrogens is 260 g/mol. The predicted molar refractivity (Wildman–Crippen MR) is 86.1 cm³/mol. The SMILES string of the molecule is NNC(CC1CCCCO1)CC1CCCc2ccccc21. The van der Waals surface area contributed by atoms with Crippen molar-refractivity contribution in [1.82, 2.24) is 5.43 Å². The molecule has 1 fully saturated rings. The average Bonchev–Trinajstić information content (AvgIpc) is 2.55. The van der Waals surface area contributed by atoms with Gasteiger partial charge in [0.05, 0.1) is 6.10 Å². The van der Waals surface area contributed by atoms with Gasteiger partial charge in [-0.25, -0.2) is 0 Å². The summed E-state index contributed by atoms with van der Waals surface area (Å²) < 4.78 is 5.87. The summed E-state index contributed by atoms with van der Waals surface area (Å²) in [7, 11) is 0. The maximum Gasteiger partial charge on any atom is 0.0590 e. The minimum absolute atomic E-state index is 0.365. The third-order valence-corrected chi connectivity index (χ3v) is 5.12. The highest BCUT2D eigenvalue weighted by molar-refractivity contribution is 5.32. The van der Waals surface area contributed by atoms with Crippen LogP contribution in [-0.2, 0) is 11.2 Å². The minimum Gasteiger partial charge on any atom is -0.378 e. The van der Waals surface area contributed by atoms with Crippen LogP contribution in [0.5, 0.6) is 0 Å². The van der Waals surface area contributed by atoms with Gasteiger partial charge in [-0.15, -0.1) is 0 Å². The summed E-state index contributed by atoms with van der Waals surface area (Å²) >= 11 is 0. The first kappa shape index (κ1) is 15.0. The Kier molecular flexibility index (Phi) is 5.28. The van der Waals surface area contributed by atoms with Gasteiger partial charge in [0.25, 0.3) is 0 Å². The van der Waals surface area contributed by atoms with Crippen molar-refractivity contribution >= 4 is 0 Å². The molecule has 2 aliphatic rings. The van der Waals surface area contributed by atoms with Gasteiger partial charge in [0.2, 0.25) is 0 Å². The van der Waals surface area contributed by atoms with Crippen LogP contribution >= 0.6 is 0 Å². The van der Waals surface area contributed by atoms with Crippen LogP contribution in [0.2, 0.25) is 0 Å². The Morgan fingerprint density at radius 1 is 1.14 bits per heavy atom. The molecule has 3 N–H and O–H groups in total. The Morgan fingerprint density at radius 3 is 2.86 bits per heavy atom. The van der Waals surface area contributed by atoms with Crippen molar-refractivity contribution in [3.63, 3.8) is 0 Å². The van der Waals surface area contributed by atoms with Crippen molar-refractivity contribution in [2.45, 2.75) is 69.4 Å². The lowest BCUT2D eigenvalue weighted by Crippen LogP contribution is -2.40. The van der Waals surface area contributed by atoms with E-state index in [1.165, 1.54) is 38.5 Å². The first-order valence-electron chi connectivity index (χ1n) is 8.52. The molecule has 3 nitrogen and oxygen atoms in total. The van der Waals surface area contributed by atoms with Gasteiger partial charge in [-0.05, 0) is 68.4 Å². The second-order valence-electron chi connectivity index (χ2n) is 6.61. The highest BCUT2D eigenvalue weighted by Crippen LogP contribution is 2.35. The molecule has 1 aliphatic heterocycles. The fourth-order valence-corrected chi connectivity index (χ4v) is 3.99. The Morgan fingerprint density at radius 2 is 2.05 bits per heavy atom. The second kappa shape index (κ2) is 7.39. The zero-order valence-electron chi connectivity index (χ0n) is 12.9. The third kappa shape index (κ3) is 3.85. The first-order valence-corrected chi connectivity index (χ1v) is 8.52. The summed E-state index contributed by atoms with van der Waals surface area (Å²) in [5.74, 6) is 6.47. The molecule has 0 spiro atoms. The monoisotopic (exact) mass is 288 g/mol. The average molecular weight is 288 g/mol. The molecule has 3 atom stereocenters. The van der Waals surface area contributed by atoms with E-state index in [4.69, 9.17) is 10.6 Å². The van der Waals surface area contributed by atoms with Crippen LogP contribution in [0.25, 0.3) is 0 Å². The first-order chi connectivity index (χ1) is 10.4. The molecule has 0 saturated carbocycles. The standard InChI is InChI=1S/C18H28N2O/c19-20-16(13-17-9-3-4-11-21-17)12-15-8-5-7-14-6-1-2-10-18(14)15/h1-2,6,10,15-17,20H,3-5,7-9,11-13,19H2. The number of hydrogen-bond donors (Lipinski definition) is 2. The number of fused-ring (bicyclic) bond motifs is 1. The lowest BCUT2D eigenvalue weighted by atomic mass is 9.79. The van der Waals surface area contributed by atoms with Crippen LogP contribution in [0.1, 0.15) is 62.0 Å². The van der Waals surface area contributed by atoms with E-state index in [1.807, 2.05) is 0 Å².